The van der Waals surface area contributed by atoms with Crippen molar-refractivity contribution in [3.8, 4) is 11.4 Å². The fourth-order valence-corrected chi connectivity index (χ4v) is 5.64. The van der Waals surface area contributed by atoms with Gasteiger partial charge < -0.3 is 5.32 Å². The maximum atomic E-state index is 14.5. The summed E-state index contributed by atoms with van der Waals surface area (Å²) in [5, 5.41) is 4.03. The molecule has 2 aromatic heterocycles. The van der Waals surface area contributed by atoms with Gasteiger partial charge in [0.05, 0.1) is 16.7 Å². The van der Waals surface area contributed by atoms with Crippen molar-refractivity contribution in [3.63, 3.8) is 0 Å². The van der Waals surface area contributed by atoms with E-state index in [1.54, 1.807) is 43.3 Å². The van der Waals surface area contributed by atoms with Gasteiger partial charge in [-0.15, -0.1) is 0 Å². The van der Waals surface area contributed by atoms with Crippen LogP contribution in [0.1, 0.15) is 30.5 Å². The lowest BCUT2D eigenvalue weighted by atomic mass is 9.93. The maximum absolute atomic E-state index is 14.5. The minimum atomic E-state index is -3.77. The first-order valence-electron chi connectivity index (χ1n) is 10.6. The molecule has 1 fully saturated rings. The lowest BCUT2D eigenvalue weighted by Crippen LogP contribution is -2.27. The van der Waals surface area contributed by atoms with E-state index in [0.29, 0.717) is 22.5 Å². The van der Waals surface area contributed by atoms with Crippen LogP contribution < -0.4 is 5.32 Å². The van der Waals surface area contributed by atoms with Crippen molar-refractivity contribution < 1.29 is 12.8 Å². The van der Waals surface area contributed by atoms with Gasteiger partial charge in [0.2, 0.25) is 10.0 Å². The zero-order chi connectivity index (χ0) is 22.3. The van der Waals surface area contributed by atoms with Crippen molar-refractivity contribution in [1.82, 2.24) is 13.9 Å². The summed E-state index contributed by atoms with van der Waals surface area (Å²) in [5.41, 5.74) is 1.71. The second-order valence-corrected chi connectivity index (χ2v) is 9.99. The highest BCUT2D eigenvalue weighted by Gasteiger charge is 2.26. The third-order valence-electron chi connectivity index (χ3n) is 5.82. The number of hydrogen-bond donors (Lipinski definition) is 1. The average molecular weight is 451 g/mol. The highest BCUT2D eigenvalue weighted by Crippen LogP contribution is 2.32. The number of hydrogen-bond acceptors (Lipinski definition) is 5. The molecule has 2 aromatic carbocycles. The number of nitrogens with zero attached hydrogens (tertiary/aromatic N) is 3. The lowest BCUT2D eigenvalue weighted by molar-refractivity contribution is 0.445. The maximum Gasteiger partial charge on any atom is 0.244 e. The molecule has 0 unspecified atom stereocenters. The summed E-state index contributed by atoms with van der Waals surface area (Å²) in [6.07, 6.45) is 3.18. The van der Waals surface area contributed by atoms with Gasteiger partial charge >= 0.3 is 0 Å². The normalized spacial score (nSPS) is 14.4. The van der Waals surface area contributed by atoms with Crippen LogP contribution in [0.5, 0.6) is 0 Å². The van der Waals surface area contributed by atoms with E-state index in [1.807, 2.05) is 18.2 Å². The second-order valence-electron chi connectivity index (χ2n) is 8.18. The molecule has 6 nitrogen and oxygen atoms in total. The summed E-state index contributed by atoms with van der Waals surface area (Å²) in [5.74, 6) is 0.0768. The van der Waals surface area contributed by atoms with Gasteiger partial charge in [-0.05, 0) is 49.9 Å². The van der Waals surface area contributed by atoms with Crippen LogP contribution in [-0.2, 0) is 15.8 Å². The van der Waals surface area contributed by atoms with E-state index in [1.165, 1.54) is 10.0 Å². The highest BCUT2D eigenvalue weighted by atomic mass is 32.2. The van der Waals surface area contributed by atoms with Crippen molar-refractivity contribution >= 4 is 26.9 Å². The Labute approximate surface area is 186 Å². The van der Waals surface area contributed by atoms with Crippen LogP contribution in [0.25, 0.3) is 22.4 Å². The van der Waals surface area contributed by atoms with E-state index >= 15 is 0 Å². The molecule has 1 aliphatic rings. The molecule has 0 aliphatic heterocycles. The zero-order valence-corrected chi connectivity index (χ0v) is 18.4. The molecule has 2 heterocycles. The number of fused-ring (bicyclic) bond motifs is 1. The third-order valence-corrected chi connectivity index (χ3v) is 7.54. The van der Waals surface area contributed by atoms with Gasteiger partial charge in [0.1, 0.15) is 11.6 Å². The van der Waals surface area contributed by atoms with Gasteiger partial charge in [0.15, 0.2) is 11.5 Å². The molecule has 5 rings (SSSR count). The van der Waals surface area contributed by atoms with Crippen molar-refractivity contribution in [3.05, 3.63) is 77.7 Å². The SMILES string of the molecule is Cc1cc2c(NC3CCC3)nc(-c3ccccc3F)nc2n1S(=O)(=O)Cc1ccccc1. The zero-order valence-electron chi connectivity index (χ0n) is 17.6. The van der Waals surface area contributed by atoms with Crippen LogP contribution in [0.15, 0.2) is 60.7 Å². The number of aromatic nitrogens is 3. The van der Waals surface area contributed by atoms with Gasteiger partial charge in [-0.25, -0.2) is 26.7 Å². The largest absolute Gasteiger partial charge is 0.367 e. The number of benzene rings is 2. The Morgan fingerprint density at radius 3 is 2.47 bits per heavy atom. The van der Waals surface area contributed by atoms with Gasteiger partial charge in [-0.1, -0.05) is 42.5 Å². The summed E-state index contributed by atoms with van der Waals surface area (Å²) in [6, 6.07) is 17.3. The number of anilines is 1. The molecule has 164 valence electrons. The standard InChI is InChI=1S/C24H23FN4O2S/c1-16-14-20-23(26-18-10-7-11-18)27-22(19-12-5-6-13-21(19)25)28-24(20)29(16)32(30,31)15-17-8-3-2-4-9-17/h2-6,8-9,12-14,18H,7,10-11,15H2,1H3,(H,26,27,28). The Balaban J connectivity index is 1.70. The molecular weight excluding hydrogens is 427 g/mol. The molecular formula is C24H23FN4O2S. The molecule has 0 saturated heterocycles. The third kappa shape index (κ3) is 3.75. The minimum absolute atomic E-state index is 0.159. The minimum Gasteiger partial charge on any atom is -0.367 e. The molecule has 0 bridgehead atoms. The molecule has 1 N–H and O–H groups in total. The van der Waals surface area contributed by atoms with Crippen molar-refractivity contribution in [1.29, 1.82) is 0 Å². The number of halogens is 1. The first-order chi connectivity index (χ1) is 15.4. The fourth-order valence-electron chi connectivity index (χ4n) is 4.00. The topological polar surface area (TPSA) is 76.9 Å². The van der Waals surface area contributed by atoms with Crippen LogP contribution in [0, 0.1) is 12.7 Å². The Kier molecular flexibility index (Phi) is 5.17. The molecule has 8 heteroatoms. The molecule has 0 spiro atoms. The van der Waals surface area contributed by atoms with Crippen molar-refractivity contribution in [2.24, 2.45) is 0 Å². The van der Waals surface area contributed by atoms with Gasteiger partial charge in [-0.2, -0.15) is 0 Å². The summed E-state index contributed by atoms with van der Waals surface area (Å²) in [6.45, 7) is 1.74. The Morgan fingerprint density at radius 2 is 1.78 bits per heavy atom. The number of rotatable bonds is 6. The smallest absolute Gasteiger partial charge is 0.244 e. The van der Waals surface area contributed by atoms with Crippen LogP contribution in [-0.4, -0.2) is 28.4 Å². The average Bonchev–Trinajstić information content (AvgIpc) is 3.08. The summed E-state index contributed by atoms with van der Waals surface area (Å²) in [4.78, 5) is 9.14. The van der Waals surface area contributed by atoms with Crippen molar-refractivity contribution in [2.45, 2.75) is 38.0 Å². The summed E-state index contributed by atoms with van der Waals surface area (Å²) >= 11 is 0. The second kappa shape index (κ2) is 8.02. The molecule has 0 atom stereocenters. The van der Waals surface area contributed by atoms with E-state index in [-0.39, 0.29) is 28.8 Å². The molecule has 1 saturated carbocycles. The first kappa shape index (κ1) is 20.6. The van der Waals surface area contributed by atoms with Crippen LogP contribution in [0.3, 0.4) is 0 Å². The van der Waals surface area contributed by atoms with E-state index in [0.717, 1.165) is 19.3 Å². The van der Waals surface area contributed by atoms with Gasteiger partial charge in [0, 0.05) is 11.7 Å². The number of nitrogens with one attached hydrogen (secondary N) is 1. The Bertz CT molecular complexity index is 1400. The van der Waals surface area contributed by atoms with Crippen molar-refractivity contribution in [2.75, 3.05) is 5.32 Å². The lowest BCUT2D eigenvalue weighted by Gasteiger charge is -2.27. The van der Waals surface area contributed by atoms with Gasteiger partial charge in [-0.3, -0.25) is 0 Å². The molecule has 0 radical (unpaired) electrons. The highest BCUT2D eigenvalue weighted by molar-refractivity contribution is 7.89. The number of aryl methyl sites for hydroxylation is 1. The monoisotopic (exact) mass is 450 g/mol. The molecule has 1 aliphatic carbocycles. The molecule has 0 amide bonds. The van der Waals surface area contributed by atoms with Gasteiger partial charge in [0.25, 0.3) is 0 Å². The van der Waals surface area contributed by atoms with E-state index < -0.39 is 15.8 Å². The fraction of sp³-hybridized carbons (Fsp3) is 0.250. The summed E-state index contributed by atoms with van der Waals surface area (Å²) in [7, 11) is -3.77. The Hall–Kier alpha value is -3.26. The van der Waals surface area contributed by atoms with Crippen LogP contribution in [0.2, 0.25) is 0 Å². The Morgan fingerprint density at radius 1 is 1.06 bits per heavy atom. The predicted octanol–water partition coefficient (Wildman–Crippen LogP) is 4.89. The van der Waals surface area contributed by atoms with E-state index in [2.05, 4.69) is 15.3 Å². The predicted molar refractivity (Wildman–Crippen MR) is 123 cm³/mol. The van der Waals surface area contributed by atoms with E-state index in [9.17, 15) is 12.8 Å². The van der Waals surface area contributed by atoms with Crippen LogP contribution in [0.4, 0.5) is 10.2 Å². The van der Waals surface area contributed by atoms with E-state index in [4.69, 9.17) is 0 Å². The molecule has 32 heavy (non-hydrogen) atoms. The summed E-state index contributed by atoms with van der Waals surface area (Å²) < 4.78 is 42.6. The van der Waals surface area contributed by atoms with Crippen LogP contribution >= 0.6 is 0 Å². The quantitative estimate of drug-likeness (QED) is 0.453. The molecule has 4 aromatic rings. The first-order valence-corrected chi connectivity index (χ1v) is 12.2.